The molecule has 8 heteroatoms. The molecule has 180 valence electrons. The van der Waals surface area contributed by atoms with Crippen molar-refractivity contribution >= 4 is 17.7 Å². The summed E-state index contributed by atoms with van der Waals surface area (Å²) >= 11 is 0. The van der Waals surface area contributed by atoms with Crippen LogP contribution in [0, 0.1) is 0 Å². The lowest BCUT2D eigenvalue weighted by molar-refractivity contribution is 0.0642. The van der Waals surface area contributed by atoms with Crippen LogP contribution in [0.1, 0.15) is 42.2 Å². The molecule has 0 unspecified atom stereocenters. The second kappa shape index (κ2) is 10.8. The van der Waals surface area contributed by atoms with E-state index in [1.165, 1.54) is 12.0 Å². The Morgan fingerprint density at radius 3 is 2.14 bits per heavy atom. The van der Waals surface area contributed by atoms with Crippen molar-refractivity contribution in [2.75, 3.05) is 27.4 Å². The van der Waals surface area contributed by atoms with Crippen LogP contribution in [0.2, 0.25) is 0 Å². The summed E-state index contributed by atoms with van der Waals surface area (Å²) in [7, 11) is 3.10. The van der Waals surface area contributed by atoms with Gasteiger partial charge < -0.3 is 19.5 Å². The number of nitrogens with one attached hydrogen (secondary N) is 1. The minimum absolute atomic E-state index is 0.0567. The first-order valence-corrected chi connectivity index (χ1v) is 11.1. The Balaban J connectivity index is 1.43. The second-order valence-corrected chi connectivity index (χ2v) is 7.94. The molecule has 4 rings (SSSR count). The van der Waals surface area contributed by atoms with Gasteiger partial charge in [-0.2, -0.15) is 0 Å². The molecule has 0 saturated heterocycles. The molecule has 8 nitrogen and oxygen atoms in total. The van der Waals surface area contributed by atoms with Gasteiger partial charge in [-0.05, 0) is 47.5 Å². The Hall–Kier alpha value is -4.17. The third-order valence-corrected chi connectivity index (χ3v) is 5.66. The molecule has 0 aliphatic carbocycles. The first kappa shape index (κ1) is 24.0. The monoisotopic (exact) mass is 474 g/mol. The third-order valence-electron chi connectivity index (χ3n) is 5.66. The molecule has 1 aliphatic rings. The van der Waals surface area contributed by atoms with Crippen LogP contribution >= 0.6 is 0 Å². The van der Waals surface area contributed by atoms with E-state index in [9.17, 15) is 14.4 Å². The van der Waals surface area contributed by atoms with Crippen molar-refractivity contribution in [3.63, 3.8) is 0 Å². The van der Waals surface area contributed by atoms with E-state index in [0.29, 0.717) is 47.8 Å². The molecule has 0 bridgehead atoms. The number of hydrogen-bond donors (Lipinski definition) is 1. The van der Waals surface area contributed by atoms with Gasteiger partial charge in [0.15, 0.2) is 0 Å². The minimum atomic E-state index is -0.345. The standard InChI is InChI=1S/C27H26N2O6/c1-33-13-14-35-20-10-7-18(8-11-20)16-28-25(30)23-15-19(9-12-24(23)34-2)17-29-26(31)21-5-3-4-6-22(21)27(29)32/h3-12,15H,13-14,16-17H2,1-2H3,(H,28,30). The number of carbonyl (C=O) groups excluding carboxylic acids is 3. The van der Waals surface area contributed by atoms with Crippen LogP contribution in [0.4, 0.5) is 0 Å². The number of imide groups is 1. The summed E-state index contributed by atoms with van der Waals surface area (Å²) in [6.45, 7) is 1.33. The van der Waals surface area contributed by atoms with Crippen molar-refractivity contribution in [2.45, 2.75) is 13.1 Å². The highest BCUT2D eigenvalue weighted by molar-refractivity contribution is 6.21. The molecule has 3 aromatic rings. The maximum absolute atomic E-state index is 13.0. The van der Waals surface area contributed by atoms with Gasteiger partial charge >= 0.3 is 0 Å². The van der Waals surface area contributed by atoms with Crippen LogP contribution in [0.5, 0.6) is 11.5 Å². The quantitative estimate of drug-likeness (QED) is 0.357. The zero-order valence-corrected chi connectivity index (χ0v) is 19.6. The lowest BCUT2D eigenvalue weighted by Crippen LogP contribution is -2.29. The van der Waals surface area contributed by atoms with Crippen molar-refractivity contribution < 1.29 is 28.6 Å². The summed E-state index contributed by atoms with van der Waals surface area (Å²) in [5.74, 6) is 0.103. The summed E-state index contributed by atoms with van der Waals surface area (Å²) in [6.07, 6.45) is 0. The molecule has 0 aromatic heterocycles. The van der Waals surface area contributed by atoms with E-state index in [-0.39, 0.29) is 24.3 Å². The van der Waals surface area contributed by atoms with Crippen molar-refractivity contribution in [2.24, 2.45) is 0 Å². The van der Waals surface area contributed by atoms with E-state index >= 15 is 0 Å². The zero-order chi connectivity index (χ0) is 24.8. The van der Waals surface area contributed by atoms with Crippen LogP contribution in [0.25, 0.3) is 0 Å². The molecule has 1 heterocycles. The number of ether oxygens (including phenoxy) is 3. The Bertz CT molecular complexity index is 1200. The van der Waals surface area contributed by atoms with Crippen LogP contribution in [0.3, 0.4) is 0 Å². The molecular formula is C27H26N2O6. The van der Waals surface area contributed by atoms with Gasteiger partial charge in [0, 0.05) is 13.7 Å². The maximum Gasteiger partial charge on any atom is 0.261 e. The lowest BCUT2D eigenvalue weighted by Gasteiger charge is -2.16. The van der Waals surface area contributed by atoms with E-state index in [1.807, 2.05) is 24.3 Å². The predicted molar refractivity (Wildman–Crippen MR) is 129 cm³/mol. The van der Waals surface area contributed by atoms with Gasteiger partial charge in [-0.1, -0.05) is 30.3 Å². The molecule has 0 spiro atoms. The van der Waals surface area contributed by atoms with Crippen LogP contribution in [0.15, 0.2) is 66.7 Å². The third kappa shape index (κ3) is 5.33. The summed E-state index contributed by atoms with van der Waals surface area (Å²) in [5, 5.41) is 2.89. The number of hydrogen-bond acceptors (Lipinski definition) is 6. The maximum atomic E-state index is 13.0. The predicted octanol–water partition coefficient (Wildman–Crippen LogP) is 3.45. The normalized spacial score (nSPS) is 12.5. The first-order chi connectivity index (χ1) is 17.0. The van der Waals surface area contributed by atoms with E-state index < -0.39 is 0 Å². The Kier molecular flexibility index (Phi) is 7.42. The molecule has 0 saturated carbocycles. The van der Waals surface area contributed by atoms with Gasteiger partial charge in [0.05, 0.1) is 37.0 Å². The lowest BCUT2D eigenvalue weighted by atomic mass is 10.1. The van der Waals surface area contributed by atoms with Gasteiger partial charge in [0.1, 0.15) is 18.1 Å². The topological polar surface area (TPSA) is 94.2 Å². The van der Waals surface area contributed by atoms with Gasteiger partial charge in [0.25, 0.3) is 17.7 Å². The molecule has 1 N–H and O–H groups in total. The highest BCUT2D eigenvalue weighted by Crippen LogP contribution is 2.26. The number of nitrogens with zero attached hydrogens (tertiary/aromatic N) is 1. The number of fused-ring (bicyclic) bond motifs is 1. The van der Waals surface area contributed by atoms with Crippen LogP contribution < -0.4 is 14.8 Å². The number of carbonyl (C=O) groups is 3. The first-order valence-electron chi connectivity index (χ1n) is 11.1. The molecule has 3 aromatic carbocycles. The molecule has 1 aliphatic heterocycles. The number of amides is 3. The Morgan fingerprint density at radius 1 is 0.857 bits per heavy atom. The van der Waals surface area contributed by atoms with Crippen molar-refractivity contribution in [1.29, 1.82) is 0 Å². The van der Waals surface area contributed by atoms with Gasteiger partial charge in [-0.3, -0.25) is 19.3 Å². The summed E-state index contributed by atoms with van der Waals surface area (Å²) in [4.78, 5) is 39.5. The molecule has 3 amide bonds. The number of rotatable bonds is 10. The Labute approximate surface area is 203 Å². The van der Waals surface area contributed by atoms with Crippen molar-refractivity contribution in [3.8, 4) is 11.5 Å². The smallest absolute Gasteiger partial charge is 0.261 e. The average molecular weight is 475 g/mol. The Morgan fingerprint density at radius 2 is 1.51 bits per heavy atom. The van der Waals surface area contributed by atoms with E-state index in [1.54, 1.807) is 49.6 Å². The molecule has 0 fully saturated rings. The SMILES string of the molecule is COCCOc1ccc(CNC(=O)c2cc(CN3C(=O)c4ccccc4C3=O)ccc2OC)cc1. The summed E-state index contributed by atoms with van der Waals surface area (Å²) < 4.78 is 15.9. The molecule has 0 radical (unpaired) electrons. The second-order valence-electron chi connectivity index (χ2n) is 7.94. The highest BCUT2D eigenvalue weighted by Gasteiger charge is 2.35. The van der Waals surface area contributed by atoms with E-state index in [2.05, 4.69) is 5.32 Å². The van der Waals surface area contributed by atoms with Crippen molar-refractivity contribution in [1.82, 2.24) is 10.2 Å². The largest absolute Gasteiger partial charge is 0.496 e. The number of benzene rings is 3. The summed E-state index contributed by atoms with van der Waals surface area (Å²) in [5.41, 5.74) is 2.64. The van der Waals surface area contributed by atoms with E-state index in [0.717, 1.165) is 11.3 Å². The zero-order valence-electron chi connectivity index (χ0n) is 19.6. The summed E-state index contributed by atoms with van der Waals surface area (Å²) in [6, 6.07) is 19.2. The molecule has 0 atom stereocenters. The van der Waals surface area contributed by atoms with Crippen LogP contribution in [-0.2, 0) is 17.8 Å². The highest BCUT2D eigenvalue weighted by atomic mass is 16.5. The number of methoxy groups -OCH3 is 2. The molecular weight excluding hydrogens is 448 g/mol. The fraction of sp³-hybridized carbons (Fsp3) is 0.222. The molecule has 35 heavy (non-hydrogen) atoms. The van der Waals surface area contributed by atoms with Crippen LogP contribution in [-0.4, -0.2) is 50.1 Å². The fourth-order valence-electron chi connectivity index (χ4n) is 3.82. The van der Waals surface area contributed by atoms with Gasteiger partial charge in [-0.25, -0.2) is 0 Å². The minimum Gasteiger partial charge on any atom is -0.496 e. The van der Waals surface area contributed by atoms with Gasteiger partial charge in [-0.15, -0.1) is 0 Å². The van der Waals surface area contributed by atoms with Gasteiger partial charge in [0.2, 0.25) is 0 Å². The van der Waals surface area contributed by atoms with E-state index in [4.69, 9.17) is 14.2 Å². The van der Waals surface area contributed by atoms with Crippen molar-refractivity contribution in [3.05, 3.63) is 94.5 Å². The fourth-order valence-corrected chi connectivity index (χ4v) is 3.82. The average Bonchev–Trinajstić information content (AvgIpc) is 3.13.